The van der Waals surface area contributed by atoms with Crippen molar-refractivity contribution in [2.75, 3.05) is 0 Å². The topological polar surface area (TPSA) is 38.9 Å². The molecule has 0 bridgehead atoms. The Hall–Kier alpha value is -0.960. The molecule has 0 aromatic carbocycles. The van der Waals surface area contributed by atoms with E-state index in [2.05, 4.69) is 4.98 Å². The molecule has 0 radical (unpaired) electrons. The lowest BCUT2D eigenvalue weighted by Gasteiger charge is -2.31. The highest BCUT2D eigenvalue weighted by atomic mass is 19.1. The van der Waals surface area contributed by atoms with Crippen molar-refractivity contribution in [1.29, 1.82) is 0 Å². The average molecular weight is 166 g/mol. The summed E-state index contributed by atoms with van der Waals surface area (Å²) < 4.78 is 12.5. The molecule has 1 aliphatic rings. The third-order valence-corrected chi connectivity index (χ3v) is 2.34. The summed E-state index contributed by atoms with van der Waals surface area (Å²) in [5, 5.41) is 0. The molecular weight excluding hydrogens is 155 g/mol. The summed E-state index contributed by atoms with van der Waals surface area (Å²) in [4.78, 5) is 4.00. The Morgan fingerprint density at radius 1 is 1.42 bits per heavy atom. The van der Waals surface area contributed by atoms with Crippen molar-refractivity contribution in [2.24, 2.45) is 5.73 Å². The molecule has 1 aromatic heterocycles. The monoisotopic (exact) mass is 166 g/mol. The Morgan fingerprint density at radius 2 is 2.17 bits per heavy atom. The molecule has 3 heteroatoms. The van der Waals surface area contributed by atoms with Gasteiger partial charge in [0, 0.05) is 17.7 Å². The standard InChI is InChI=1S/C9H11FN2/c10-7-1-2-9(12-5-7)6-3-8(11)4-6/h1-2,5-6,8H,3-4,11H2. The summed E-state index contributed by atoms with van der Waals surface area (Å²) in [6, 6.07) is 3.51. The Kier molecular flexibility index (Phi) is 1.81. The first-order valence-electron chi connectivity index (χ1n) is 4.13. The predicted octanol–water partition coefficient (Wildman–Crippen LogP) is 1.43. The largest absolute Gasteiger partial charge is 0.328 e. The zero-order valence-corrected chi connectivity index (χ0v) is 6.70. The van der Waals surface area contributed by atoms with Crippen molar-refractivity contribution in [3.63, 3.8) is 0 Å². The quantitative estimate of drug-likeness (QED) is 0.685. The van der Waals surface area contributed by atoms with Crippen LogP contribution in [0.4, 0.5) is 4.39 Å². The van der Waals surface area contributed by atoms with E-state index in [1.54, 1.807) is 6.07 Å². The van der Waals surface area contributed by atoms with Crippen molar-refractivity contribution in [1.82, 2.24) is 4.98 Å². The van der Waals surface area contributed by atoms with Crippen LogP contribution >= 0.6 is 0 Å². The highest BCUT2D eigenvalue weighted by Crippen LogP contribution is 2.34. The molecule has 0 aliphatic heterocycles. The minimum absolute atomic E-state index is 0.276. The maximum absolute atomic E-state index is 12.5. The van der Waals surface area contributed by atoms with Crippen molar-refractivity contribution >= 4 is 0 Å². The molecule has 1 heterocycles. The van der Waals surface area contributed by atoms with Crippen LogP contribution < -0.4 is 5.73 Å². The van der Waals surface area contributed by atoms with Gasteiger partial charge in [-0.25, -0.2) is 4.39 Å². The van der Waals surface area contributed by atoms with Gasteiger partial charge in [0.25, 0.3) is 0 Å². The van der Waals surface area contributed by atoms with Crippen LogP contribution in [-0.2, 0) is 0 Å². The van der Waals surface area contributed by atoms with E-state index in [1.165, 1.54) is 12.3 Å². The van der Waals surface area contributed by atoms with E-state index < -0.39 is 0 Å². The number of rotatable bonds is 1. The first kappa shape index (κ1) is 7.68. The molecule has 2 nitrogen and oxygen atoms in total. The summed E-state index contributed by atoms with van der Waals surface area (Å²) in [6.45, 7) is 0. The molecular formula is C9H11FN2. The van der Waals surface area contributed by atoms with Gasteiger partial charge < -0.3 is 5.73 Å². The first-order valence-corrected chi connectivity index (χ1v) is 4.13. The van der Waals surface area contributed by atoms with Crippen LogP contribution in [0.15, 0.2) is 18.3 Å². The Balaban J connectivity index is 2.09. The Morgan fingerprint density at radius 3 is 2.67 bits per heavy atom. The van der Waals surface area contributed by atoms with Gasteiger partial charge in [0.05, 0.1) is 6.20 Å². The molecule has 1 fully saturated rings. The Bertz CT molecular complexity index is 264. The Labute approximate surface area is 70.6 Å². The number of halogens is 1. The molecule has 1 saturated carbocycles. The van der Waals surface area contributed by atoms with Crippen molar-refractivity contribution in [2.45, 2.75) is 24.8 Å². The van der Waals surface area contributed by atoms with Crippen molar-refractivity contribution < 1.29 is 4.39 Å². The van der Waals surface area contributed by atoms with E-state index in [1.807, 2.05) is 0 Å². The van der Waals surface area contributed by atoms with Crippen LogP contribution in [0, 0.1) is 5.82 Å². The number of hydrogen-bond donors (Lipinski definition) is 1. The van der Waals surface area contributed by atoms with Gasteiger partial charge in [0.15, 0.2) is 0 Å². The van der Waals surface area contributed by atoms with E-state index in [9.17, 15) is 4.39 Å². The van der Waals surface area contributed by atoms with Crippen LogP contribution in [-0.4, -0.2) is 11.0 Å². The number of nitrogens with zero attached hydrogens (tertiary/aromatic N) is 1. The number of nitrogens with two attached hydrogens (primary N) is 1. The molecule has 0 atom stereocenters. The van der Waals surface area contributed by atoms with Crippen LogP contribution in [0.3, 0.4) is 0 Å². The van der Waals surface area contributed by atoms with Gasteiger partial charge in [-0.2, -0.15) is 0 Å². The van der Waals surface area contributed by atoms with Gasteiger partial charge in [-0.1, -0.05) is 0 Å². The van der Waals surface area contributed by atoms with E-state index in [-0.39, 0.29) is 5.82 Å². The van der Waals surface area contributed by atoms with Gasteiger partial charge in [-0.05, 0) is 25.0 Å². The summed E-state index contributed by atoms with van der Waals surface area (Å²) >= 11 is 0. The third-order valence-electron chi connectivity index (χ3n) is 2.34. The first-order chi connectivity index (χ1) is 5.75. The minimum Gasteiger partial charge on any atom is -0.328 e. The highest BCUT2D eigenvalue weighted by Gasteiger charge is 2.27. The minimum atomic E-state index is -0.276. The molecule has 2 rings (SSSR count). The fourth-order valence-corrected chi connectivity index (χ4v) is 1.53. The number of pyridine rings is 1. The highest BCUT2D eigenvalue weighted by molar-refractivity contribution is 5.14. The summed E-state index contributed by atoms with van der Waals surface area (Å²) in [5.74, 6) is 0.183. The van der Waals surface area contributed by atoms with Gasteiger partial charge in [-0.3, -0.25) is 4.98 Å². The molecule has 0 unspecified atom stereocenters. The molecule has 0 saturated heterocycles. The van der Waals surface area contributed by atoms with Crippen LogP contribution in [0.1, 0.15) is 24.5 Å². The van der Waals surface area contributed by atoms with E-state index in [0.717, 1.165) is 18.5 Å². The number of hydrogen-bond acceptors (Lipinski definition) is 2. The molecule has 1 aliphatic carbocycles. The molecule has 64 valence electrons. The molecule has 2 N–H and O–H groups in total. The summed E-state index contributed by atoms with van der Waals surface area (Å²) in [5.41, 5.74) is 6.60. The van der Waals surface area contributed by atoms with Crippen molar-refractivity contribution in [3.05, 3.63) is 29.8 Å². The van der Waals surface area contributed by atoms with E-state index in [4.69, 9.17) is 5.73 Å². The van der Waals surface area contributed by atoms with Crippen molar-refractivity contribution in [3.8, 4) is 0 Å². The fourth-order valence-electron chi connectivity index (χ4n) is 1.53. The predicted molar refractivity (Wildman–Crippen MR) is 44.1 cm³/mol. The molecule has 0 amide bonds. The summed E-state index contributed by atoms with van der Waals surface area (Å²) in [7, 11) is 0. The lowest BCUT2D eigenvalue weighted by Crippen LogP contribution is -2.35. The van der Waals surface area contributed by atoms with Crippen LogP contribution in [0.2, 0.25) is 0 Å². The fraction of sp³-hybridized carbons (Fsp3) is 0.444. The van der Waals surface area contributed by atoms with Gasteiger partial charge in [-0.15, -0.1) is 0 Å². The maximum Gasteiger partial charge on any atom is 0.141 e. The van der Waals surface area contributed by atoms with Gasteiger partial charge in [0.2, 0.25) is 0 Å². The molecule has 12 heavy (non-hydrogen) atoms. The van der Waals surface area contributed by atoms with Gasteiger partial charge in [0.1, 0.15) is 5.82 Å². The second-order valence-corrected chi connectivity index (χ2v) is 3.33. The van der Waals surface area contributed by atoms with Crippen LogP contribution in [0.25, 0.3) is 0 Å². The smallest absolute Gasteiger partial charge is 0.141 e. The van der Waals surface area contributed by atoms with E-state index in [0.29, 0.717) is 12.0 Å². The lowest BCUT2D eigenvalue weighted by atomic mass is 9.78. The second-order valence-electron chi connectivity index (χ2n) is 3.33. The SMILES string of the molecule is NC1CC(c2ccc(F)cn2)C1. The van der Waals surface area contributed by atoms with Crippen LogP contribution in [0.5, 0.6) is 0 Å². The molecule has 1 aromatic rings. The maximum atomic E-state index is 12.5. The third kappa shape index (κ3) is 1.32. The second kappa shape index (κ2) is 2.83. The summed E-state index contributed by atoms with van der Waals surface area (Å²) in [6.07, 6.45) is 3.23. The average Bonchev–Trinajstić information content (AvgIpc) is 2.01. The number of aromatic nitrogens is 1. The zero-order valence-electron chi connectivity index (χ0n) is 6.70. The lowest BCUT2D eigenvalue weighted by molar-refractivity contribution is 0.345. The van der Waals surface area contributed by atoms with E-state index >= 15 is 0 Å². The normalized spacial score (nSPS) is 28.2. The molecule has 0 spiro atoms. The van der Waals surface area contributed by atoms with Gasteiger partial charge >= 0.3 is 0 Å². The zero-order chi connectivity index (χ0) is 8.55.